The molecule has 1 unspecified atom stereocenters. The first-order valence-corrected chi connectivity index (χ1v) is 24.2. The number of benzene rings is 2. The average molecular weight is 982 g/mol. The van der Waals surface area contributed by atoms with Crippen molar-refractivity contribution in [2.75, 3.05) is 68.8 Å². The maximum Gasteiger partial charge on any atom is 0.255 e. The molecule has 4 aliphatic rings. The molecule has 4 amide bonds. The van der Waals surface area contributed by atoms with Crippen molar-refractivity contribution in [1.29, 1.82) is 5.26 Å². The Morgan fingerprint density at radius 2 is 1.78 bits per heavy atom. The Morgan fingerprint density at radius 1 is 0.944 bits per heavy atom. The minimum Gasteiger partial charge on any atom is -0.492 e. The lowest BCUT2D eigenvalue weighted by atomic mass is 9.87. The molecule has 6 aromatic rings. The molecule has 72 heavy (non-hydrogen) atoms. The summed E-state index contributed by atoms with van der Waals surface area (Å²) in [6.07, 6.45) is 9.07. The van der Waals surface area contributed by atoms with Crippen molar-refractivity contribution in [3.8, 4) is 22.9 Å². The molecule has 2 aromatic carbocycles. The maximum atomic E-state index is 14.8. The van der Waals surface area contributed by atoms with E-state index >= 15 is 0 Å². The van der Waals surface area contributed by atoms with Crippen LogP contribution < -0.4 is 25.2 Å². The maximum absolute atomic E-state index is 14.8. The van der Waals surface area contributed by atoms with Gasteiger partial charge >= 0.3 is 0 Å². The van der Waals surface area contributed by atoms with Crippen LogP contribution in [0.4, 0.5) is 20.3 Å². The van der Waals surface area contributed by atoms with Gasteiger partial charge in [-0.2, -0.15) is 10.4 Å². The van der Waals surface area contributed by atoms with E-state index in [0.29, 0.717) is 86.0 Å². The third-order valence-electron chi connectivity index (χ3n) is 14.0. The SMILES string of the molecule is CCOc1cc(-c2ccc(N3CCC(COCc4cn(CCCN5CCN(c6ccc7c(c6)CN(C6CCC(=O)NC6=O)C7=O)CC5)nn4)(NC(=O)c4cc(F)ccc4F)CC3)nc2)c2c(C#N)cnn2c1. The molecule has 2 N–H and O–H groups in total. The molecule has 3 saturated heterocycles. The molecule has 4 aliphatic heterocycles. The molecule has 10 rings (SSSR count). The summed E-state index contributed by atoms with van der Waals surface area (Å²) >= 11 is 0. The van der Waals surface area contributed by atoms with Gasteiger partial charge in [0.2, 0.25) is 11.8 Å². The Bertz CT molecular complexity index is 3070. The van der Waals surface area contributed by atoms with Gasteiger partial charge in [0.05, 0.1) is 60.6 Å². The number of amides is 4. The number of hydrogen-bond donors (Lipinski definition) is 2. The van der Waals surface area contributed by atoms with Crippen molar-refractivity contribution < 1.29 is 37.4 Å². The van der Waals surface area contributed by atoms with Gasteiger partial charge < -0.3 is 29.5 Å². The van der Waals surface area contributed by atoms with E-state index in [9.17, 15) is 33.2 Å². The zero-order valence-electron chi connectivity index (χ0n) is 39.7. The summed E-state index contributed by atoms with van der Waals surface area (Å²) in [7, 11) is 0. The summed E-state index contributed by atoms with van der Waals surface area (Å²) in [5.41, 5.74) is 4.42. The average Bonchev–Trinajstić information content (AvgIpc) is 4.11. The number of hydrogen-bond acceptors (Lipinski definition) is 14. The molecule has 372 valence electrons. The molecule has 0 saturated carbocycles. The predicted octanol–water partition coefficient (Wildman–Crippen LogP) is 4.50. The number of nitrogens with zero attached hydrogens (tertiary/aromatic N) is 11. The van der Waals surface area contributed by atoms with Crippen LogP contribution >= 0.6 is 0 Å². The van der Waals surface area contributed by atoms with Gasteiger partial charge in [0.15, 0.2) is 0 Å². The Balaban J connectivity index is 0.718. The Labute approximate surface area is 413 Å². The molecule has 8 heterocycles. The quantitative estimate of drug-likeness (QED) is 0.128. The van der Waals surface area contributed by atoms with Gasteiger partial charge in [-0.3, -0.25) is 34.1 Å². The second-order valence-corrected chi connectivity index (χ2v) is 18.6. The number of imide groups is 1. The second-order valence-electron chi connectivity index (χ2n) is 18.6. The lowest BCUT2D eigenvalue weighted by Gasteiger charge is -2.42. The zero-order valence-corrected chi connectivity index (χ0v) is 39.7. The standard InChI is InChI=1S/C51H53F2N13O6/c1-2-72-39-24-41(47-35(25-54)27-56-66(47)30-39)33-4-10-45(55-26-33)63-16-12-51(13-17-63,58-48(68)42-23-36(52)5-8-43(42)53)32-71-31-37-29-64(60-59-37)15-3-14-61-18-20-62(21-19-61)38-6-7-40-34(22-38)28-65(50(40)70)44-9-11-46(67)57-49(44)69/h4-8,10,22-24,26-27,29-30,44H,2-3,9,11-21,28,31-32H2,1H3,(H,58,68)(H,57,67,69). The largest absolute Gasteiger partial charge is 0.492 e. The third-order valence-corrected chi connectivity index (χ3v) is 14.0. The minimum absolute atomic E-state index is 0.0812. The highest BCUT2D eigenvalue weighted by atomic mass is 19.1. The molecule has 0 spiro atoms. The van der Waals surface area contributed by atoms with Crippen LogP contribution in [0, 0.1) is 23.0 Å². The van der Waals surface area contributed by atoms with Crippen LogP contribution in [0.5, 0.6) is 5.75 Å². The van der Waals surface area contributed by atoms with Crippen LogP contribution in [-0.4, -0.2) is 134 Å². The van der Waals surface area contributed by atoms with Gasteiger partial charge in [-0.1, -0.05) is 5.21 Å². The van der Waals surface area contributed by atoms with E-state index in [1.165, 1.54) is 6.20 Å². The Morgan fingerprint density at radius 3 is 2.54 bits per heavy atom. The number of nitrogens with one attached hydrogen (secondary N) is 2. The number of carbonyl (C=O) groups is 4. The number of piperidine rings is 2. The van der Waals surface area contributed by atoms with E-state index in [0.717, 1.165) is 79.7 Å². The smallest absolute Gasteiger partial charge is 0.255 e. The van der Waals surface area contributed by atoms with Gasteiger partial charge in [0.25, 0.3) is 11.8 Å². The molecule has 19 nitrogen and oxygen atoms in total. The summed E-state index contributed by atoms with van der Waals surface area (Å²) < 4.78 is 44.5. The fourth-order valence-corrected chi connectivity index (χ4v) is 10.1. The number of ether oxygens (including phenoxy) is 2. The van der Waals surface area contributed by atoms with E-state index in [-0.39, 0.29) is 31.4 Å². The normalized spacial score (nSPS) is 18.1. The number of piperazine rings is 1. The van der Waals surface area contributed by atoms with E-state index in [1.54, 1.807) is 26.5 Å². The molecular weight excluding hydrogens is 929 g/mol. The summed E-state index contributed by atoms with van der Waals surface area (Å²) in [5.74, 6) is -1.88. The van der Waals surface area contributed by atoms with Crippen LogP contribution in [0.2, 0.25) is 0 Å². The summed E-state index contributed by atoms with van der Waals surface area (Å²) in [6, 6.07) is 15.9. The topological polar surface area (TPSA) is 208 Å². The van der Waals surface area contributed by atoms with Crippen LogP contribution in [-0.2, 0) is 34.0 Å². The van der Waals surface area contributed by atoms with Crippen molar-refractivity contribution in [3.63, 3.8) is 0 Å². The summed E-state index contributed by atoms with van der Waals surface area (Å²) in [6.45, 7) is 8.73. The number of anilines is 2. The molecule has 4 aromatic heterocycles. The van der Waals surface area contributed by atoms with Crippen LogP contribution in [0.3, 0.4) is 0 Å². The van der Waals surface area contributed by atoms with E-state index in [4.69, 9.17) is 14.5 Å². The summed E-state index contributed by atoms with van der Waals surface area (Å²) in [5, 5.41) is 28.1. The number of fused-ring (bicyclic) bond motifs is 2. The van der Waals surface area contributed by atoms with E-state index in [1.807, 2.05) is 49.5 Å². The monoisotopic (exact) mass is 981 g/mol. The van der Waals surface area contributed by atoms with Crippen LogP contribution in [0.25, 0.3) is 16.6 Å². The molecule has 0 aliphatic carbocycles. The molecular formula is C51H53F2N13O6. The third kappa shape index (κ3) is 10.0. The van der Waals surface area contributed by atoms with Gasteiger partial charge in [0.1, 0.15) is 41.0 Å². The van der Waals surface area contributed by atoms with Crippen molar-refractivity contribution in [1.82, 2.24) is 50.0 Å². The highest BCUT2D eigenvalue weighted by Gasteiger charge is 2.40. The molecule has 21 heteroatoms. The van der Waals surface area contributed by atoms with E-state index in [2.05, 4.69) is 46.8 Å². The number of pyridine rings is 2. The number of aromatic nitrogens is 6. The fraction of sp³-hybridized carbons (Fsp3) is 0.392. The van der Waals surface area contributed by atoms with Crippen molar-refractivity contribution >= 4 is 40.7 Å². The number of carbonyl (C=O) groups excluding carboxylic acids is 4. The fourth-order valence-electron chi connectivity index (χ4n) is 10.1. The Hall–Kier alpha value is -7.83. The second kappa shape index (κ2) is 20.5. The van der Waals surface area contributed by atoms with Gasteiger partial charge in [0, 0.05) is 93.9 Å². The molecule has 0 radical (unpaired) electrons. The first-order valence-electron chi connectivity index (χ1n) is 24.2. The first-order chi connectivity index (χ1) is 35.0. The highest BCUT2D eigenvalue weighted by Crippen LogP contribution is 2.34. The zero-order chi connectivity index (χ0) is 49.9. The van der Waals surface area contributed by atoms with Crippen molar-refractivity contribution in [2.45, 2.75) is 70.3 Å². The van der Waals surface area contributed by atoms with Gasteiger partial charge in [-0.05, 0) is 92.8 Å². The number of rotatable bonds is 16. The molecule has 1 atom stereocenters. The van der Waals surface area contributed by atoms with Crippen molar-refractivity contribution in [2.24, 2.45) is 0 Å². The number of aryl methyl sites for hydroxylation is 1. The van der Waals surface area contributed by atoms with E-state index < -0.39 is 40.6 Å². The van der Waals surface area contributed by atoms with Crippen LogP contribution in [0.15, 0.2) is 79.4 Å². The Kier molecular flexibility index (Phi) is 13.6. The molecule has 3 fully saturated rings. The van der Waals surface area contributed by atoms with Crippen molar-refractivity contribution in [3.05, 3.63) is 119 Å². The van der Waals surface area contributed by atoms with Gasteiger partial charge in [-0.25, -0.2) is 18.3 Å². The molecule has 0 bridgehead atoms. The van der Waals surface area contributed by atoms with Crippen LogP contribution in [0.1, 0.15) is 76.6 Å². The lowest BCUT2D eigenvalue weighted by Crippen LogP contribution is -2.58. The predicted molar refractivity (Wildman–Crippen MR) is 258 cm³/mol. The minimum atomic E-state index is -0.925. The van der Waals surface area contributed by atoms with Gasteiger partial charge in [-0.15, -0.1) is 5.10 Å². The number of halogens is 2. The summed E-state index contributed by atoms with van der Waals surface area (Å²) in [4.78, 5) is 64.0. The number of nitriles is 1. The highest BCUT2D eigenvalue weighted by molar-refractivity contribution is 6.05. The lowest BCUT2D eigenvalue weighted by molar-refractivity contribution is -0.136. The first kappa shape index (κ1) is 47.8.